The topological polar surface area (TPSA) is 0 Å². The van der Waals surface area contributed by atoms with Crippen LogP contribution in [-0.2, 0) is 0 Å². The quantitative estimate of drug-likeness (QED) is 0.726. The fourth-order valence-corrected chi connectivity index (χ4v) is 2.47. The fraction of sp³-hybridized carbons (Fsp3) is 0.133. The zero-order chi connectivity index (χ0) is 11.8. The van der Waals surface area contributed by atoms with E-state index in [0.717, 1.165) is 17.0 Å². The molecule has 1 aliphatic carbocycles. The van der Waals surface area contributed by atoms with Crippen LogP contribution in [0.3, 0.4) is 0 Å². The summed E-state index contributed by atoms with van der Waals surface area (Å²) in [5, 5.41) is 0.814. The zero-order valence-corrected chi connectivity index (χ0v) is 9.92. The van der Waals surface area contributed by atoms with Gasteiger partial charge in [0.25, 0.3) is 0 Å². The lowest BCUT2D eigenvalue weighted by Crippen LogP contribution is -1.86. The van der Waals surface area contributed by atoms with E-state index in [2.05, 4.69) is 6.07 Å². The van der Waals surface area contributed by atoms with Crippen LogP contribution in [0.4, 0.5) is 4.39 Å². The van der Waals surface area contributed by atoms with Crippen LogP contribution in [0.25, 0.3) is 0 Å². The predicted molar refractivity (Wildman–Crippen MR) is 67.6 cm³/mol. The Bertz CT molecular complexity index is 533. The molecular formula is C15H11ClF. The minimum Gasteiger partial charge on any atom is -0.207 e. The Morgan fingerprint density at radius 2 is 1.71 bits per heavy atom. The van der Waals surface area contributed by atoms with Crippen molar-refractivity contribution in [1.82, 2.24) is 0 Å². The van der Waals surface area contributed by atoms with Crippen molar-refractivity contribution in [3.8, 4) is 0 Å². The molecule has 1 radical (unpaired) electrons. The third-order valence-corrected chi connectivity index (χ3v) is 3.52. The summed E-state index contributed by atoms with van der Waals surface area (Å²) in [6.07, 6.45) is 1.02. The van der Waals surface area contributed by atoms with Gasteiger partial charge in [0.1, 0.15) is 5.82 Å². The highest BCUT2D eigenvalue weighted by Gasteiger charge is 2.41. The minimum absolute atomic E-state index is 0.190. The van der Waals surface area contributed by atoms with E-state index in [0.29, 0.717) is 5.92 Å². The summed E-state index contributed by atoms with van der Waals surface area (Å²) in [4.78, 5) is 0. The second kappa shape index (κ2) is 4.15. The van der Waals surface area contributed by atoms with Crippen LogP contribution in [0.5, 0.6) is 0 Å². The van der Waals surface area contributed by atoms with Crippen molar-refractivity contribution in [3.05, 3.63) is 76.4 Å². The molecule has 3 rings (SSSR count). The average molecular weight is 246 g/mol. The maximum absolute atomic E-state index is 12.8. The Hall–Kier alpha value is -1.34. The largest absolute Gasteiger partial charge is 0.207 e. The van der Waals surface area contributed by atoms with Gasteiger partial charge in [-0.05, 0) is 41.7 Å². The second-order valence-corrected chi connectivity index (χ2v) is 4.72. The van der Waals surface area contributed by atoms with Crippen molar-refractivity contribution in [3.63, 3.8) is 0 Å². The Morgan fingerprint density at radius 3 is 2.41 bits per heavy atom. The molecule has 0 aliphatic heterocycles. The van der Waals surface area contributed by atoms with Gasteiger partial charge in [-0.25, -0.2) is 4.39 Å². The lowest BCUT2D eigenvalue weighted by Gasteiger charge is -2.03. The molecule has 0 unspecified atom stereocenters. The first-order valence-corrected chi connectivity index (χ1v) is 5.99. The molecule has 1 saturated carbocycles. The first kappa shape index (κ1) is 10.8. The van der Waals surface area contributed by atoms with Gasteiger partial charge < -0.3 is 0 Å². The van der Waals surface area contributed by atoms with Gasteiger partial charge in [0.15, 0.2) is 0 Å². The van der Waals surface area contributed by atoms with Gasteiger partial charge in [-0.2, -0.15) is 0 Å². The van der Waals surface area contributed by atoms with E-state index in [4.69, 9.17) is 11.6 Å². The van der Waals surface area contributed by atoms with E-state index >= 15 is 0 Å². The highest BCUT2D eigenvalue weighted by Crippen LogP contribution is 2.54. The van der Waals surface area contributed by atoms with Crippen LogP contribution in [0.2, 0.25) is 5.02 Å². The van der Waals surface area contributed by atoms with Crippen molar-refractivity contribution in [2.45, 2.75) is 12.3 Å². The SMILES string of the molecule is Fc1ccc([C]2C[C@@H]2c2ccccc2Cl)cc1. The summed E-state index contributed by atoms with van der Waals surface area (Å²) in [7, 11) is 0. The molecule has 2 aromatic rings. The van der Waals surface area contributed by atoms with Crippen LogP contribution >= 0.6 is 11.6 Å². The molecule has 1 aliphatic rings. The summed E-state index contributed by atoms with van der Waals surface area (Å²) in [6.45, 7) is 0. The van der Waals surface area contributed by atoms with Crippen molar-refractivity contribution in [1.29, 1.82) is 0 Å². The van der Waals surface area contributed by atoms with Gasteiger partial charge in [0.05, 0.1) is 0 Å². The molecule has 0 spiro atoms. The van der Waals surface area contributed by atoms with Crippen LogP contribution in [-0.4, -0.2) is 0 Å². The highest BCUT2D eigenvalue weighted by molar-refractivity contribution is 6.31. The van der Waals surface area contributed by atoms with Crippen LogP contribution in [0.1, 0.15) is 23.5 Å². The molecule has 2 heteroatoms. The summed E-state index contributed by atoms with van der Waals surface area (Å²) < 4.78 is 12.8. The Kier molecular flexibility index (Phi) is 2.64. The zero-order valence-electron chi connectivity index (χ0n) is 9.16. The molecule has 0 amide bonds. The van der Waals surface area contributed by atoms with Gasteiger partial charge in [0.2, 0.25) is 0 Å². The van der Waals surface area contributed by atoms with E-state index in [1.165, 1.54) is 23.6 Å². The molecular weight excluding hydrogens is 235 g/mol. The lowest BCUT2D eigenvalue weighted by molar-refractivity contribution is 0.627. The molecule has 0 nitrogen and oxygen atoms in total. The lowest BCUT2D eigenvalue weighted by atomic mass is 10.0. The number of hydrogen-bond acceptors (Lipinski definition) is 0. The normalized spacial score (nSPS) is 19.3. The van der Waals surface area contributed by atoms with Gasteiger partial charge >= 0.3 is 0 Å². The molecule has 0 saturated heterocycles. The average Bonchev–Trinajstić information content (AvgIpc) is 3.11. The minimum atomic E-state index is -0.190. The van der Waals surface area contributed by atoms with Gasteiger partial charge in [-0.15, -0.1) is 0 Å². The number of halogens is 2. The fourth-order valence-electron chi connectivity index (χ4n) is 2.20. The van der Waals surface area contributed by atoms with Crippen molar-refractivity contribution >= 4 is 11.6 Å². The standard InChI is InChI=1S/C15H11ClF/c16-15-4-2-1-3-12(15)14-9-13(14)10-5-7-11(17)8-6-10/h1-8,14H,9H2/t14-/m1/s1. The molecule has 0 N–H and O–H groups in total. The monoisotopic (exact) mass is 245 g/mol. The second-order valence-electron chi connectivity index (χ2n) is 4.31. The molecule has 85 valence electrons. The third-order valence-electron chi connectivity index (χ3n) is 3.18. The van der Waals surface area contributed by atoms with Gasteiger partial charge in [-0.3, -0.25) is 0 Å². The van der Waals surface area contributed by atoms with Crippen LogP contribution in [0, 0.1) is 11.7 Å². The molecule has 2 aromatic carbocycles. The summed E-state index contributed by atoms with van der Waals surface area (Å²) in [5.74, 6) is 1.57. The molecule has 0 bridgehead atoms. The number of benzene rings is 2. The van der Waals surface area contributed by atoms with Gasteiger partial charge in [-0.1, -0.05) is 41.9 Å². The maximum Gasteiger partial charge on any atom is 0.123 e. The van der Waals surface area contributed by atoms with E-state index < -0.39 is 0 Å². The number of hydrogen-bond donors (Lipinski definition) is 0. The van der Waals surface area contributed by atoms with Crippen LogP contribution < -0.4 is 0 Å². The Morgan fingerprint density at radius 1 is 1.00 bits per heavy atom. The first-order chi connectivity index (χ1) is 8.25. The molecule has 0 heterocycles. The number of rotatable bonds is 2. The third kappa shape index (κ3) is 2.07. The van der Waals surface area contributed by atoms with Crippen molar-refractivity contribution in [2.24, 2.45) is 0 Å². The van der Waals surface area contributed by atoms with E-state index in [9.17, 15) is 4.39 Å². The van der Waals surface area contributed by atoms with Crippen molar-refractivity contribution in [2.75, 3.05) is 0 Å². The highest BCUT2D eigenvalue weighted by atomic mass is 35.5. The van der Waals surface area contributed by atoms with E-state index in [1.807, 2.05) is 30.3 Å². The Balaban J connectivity index is 1.83. The summed E-state index contributed by atoms with van der Waals surface area (Å²) >= 11 is 6.16. The van der Waals surface area contributed by atoms with E-state index in [-0.39, 0.29) is 5.82 Å². The first-order valence-electron chi connectivity index (χ1n) is 5.62. The van der Waals surface area contributed by atoms with E-state index in [1.54, 1.807) is 0 Å². The molecule has 1 atom stereocenters. The summed E-state index contributed by atoms with van der Waals surface area (Å²) in [5.41, 5.74) is 2.30. The molecule has 17 heavy (non-hydrogen) atoms. The van der Waals surface area contributed by atoms with Crippen LogP contribution in [0.15, 0.2) is 48.5 Å². The predicted octanol–water partition coefficient (Wildman–Crippen LogP) is 4.59. The smallest absolute Gasteiger partial charge is 0.123 e. The van der Waals surface area contributed by atoms with Gasteiger partial charge in [0, 0.05) is 10.9 Å². The molecule has 1 fully saturated rings. The Labute approximate surface area is 105 Å². The molecule has 0 aromatic heterocycles. The van der Waals surface area contributed by atoms with Crippen molar-refractivity contribution < 1.29 is 4.39 Å². The maximum atomic E-state index is 12.8. The summed E-state index contributed by atoms with van der Waals surface area (Å²) in [6, 6.07) is 14.6.